The maximum atomic E-state index is 13.3. The van der Waals surface area contributed by atoms with Gasteiger partial charge in [-0.3, -0.25) is 4.79 Å². The van der Waals surface area contributed by atoms with Crippen LogP contribution in [0.25, 0.3) is 0 Å². The molecule has 2 aliphatic rings. The largest absolute Gasteiger partial charge is 0.491 e. The molecule has 0 spiro atoms. The zero-order valence-electron chi connectivity index (χ0n) is 26.3. The minimum atomic E-state index is -2.76. The molecule has 3 aromatic rings. The summed E-state index contributed by atoms with van der Waals surface area (Å²) < 4.78 is 34.3. The van der Waals surface area contributed by atoms with Gasteiger partial charge in [-0.2, -0.15) is 0 Å². The first-order valence-electron chi connectivity index (χ1n) is 15.0. The number of benzene rings is 2. The molecule has 0 radical (unpaired) electrons. The van der Waals surface area contributed by atoms with Crippen molar-refractivity contribution in [2.45, 2.75) is 76.9 Å². The summed E-state index contributed by atoms with van der Waals surface area (Å²) in [5.41, 5.74) is -0.0249. The van der Waals surface area contributed by atoms with E-state index in [1.54, 1.807) is 14.2 Å². The number of pyridine rings is 1. The SMILES string of the molecule is COCOC1c2c(OC)c(=O)c(Br)cn2C2CC(C)OC2C1(C)CCO[Si](c1ccccc1)(c1ccccc1)C(C)(C)C. The van der Waals surface area contributed by atoms with E-state index >= 15 is 0 Å². The molecular weight excluding hydrogens is 626 g/mol. The Hall–Kier alpha value is -2.27. The third kappa shape index (κ3) is 5.57. The molecule has 43 heavy (non-hydrogen) atoms. The summed E-state index contributed by atoms with van der Waals surface area (Å²) in [6.45, 7) is 11.7. The second-order valence-corrected chi connectivity index (χ2v) is 18.2. The third-order valence-electron chi connectivity index (χ3n) is 9.28. The molecule has 0 bridgehead atoms. The fourth-order valence-electron chi connectivity index (χ4n) is 7.36. The average molecular weight is 671 g/mol. The third-order valence-corrected chi connectivity index (χ3v) is 14.9. The summed E-state index contributed by atoms with van der Waals surface area (Å²) in [4.78, 5) is 13.3. The van der Waals surface area contributed by atoms with E-state index in [4.69, 9.17) is 23.4 Å². The van der Waals surface area contributed by atoms with Crippen molar-refractivity contribution in [1.82, 2.24) is 4.57 Å². The van der Waals surface area contributed by atoms with Crippen molar-refractivity contribution >= 4 is 34.6 Å². The lowest BCUT2D eigenvalue weighted by Gasteiger charge is -2.50. The molecule has 0 saturated carbocycles. The molecule has 9 heteroatoms. The molecule has 2 aromatic carbocycles. The minimum Gasteiger partial charge on any atom is -0.491 e. The highest BCUT2D eigenvalue weighted by Gasteiger charge is 2.58. The molecule has 0 N–H and O–H groups in total. The van der Waals surface area contributed by atoms with Crippen molar-refractivity contribution in [2.24, 2.45) is 5.41 Å². The van der Waals surface area contributed by atoms with Crippen molar-refractivity contribution in [3.63, 3.8) is 0 Å². The number of hydrogen-bond acceptors (Lipinski definition) is 6. The zero-order chi connectivity index (χ0) is 31.0. The molecule has 5 rings (SSSR count). The Morgan fingerprint density at radius 1 is 1.05 bits per heavy atom. The van der Waals surface area contributed by atoms with Gasteiger partial charge in [-0.25, -0.2) is 0 Å². The Morgan fingerprint density at radius 3 is 2.19 bits per heavy atom. The molecule has 5 unspecified atom stereocenters. The Bertz CT molecular complexity index is 1420. The zero-order valence-corrected chi connectivity index (χ0v) is 28.8. The molecule has 232 valence electrons. The first kappa shape index (κ1) is 32.1. The number of aromatic nitrogens is 1. The molecule has 3 heterocycles. The minimum absolute atomic E-state index is 0.0102. The van der Waals surface area contributed by atoms with E-state index in [9.17, 15) is 4.79 Å². The van der Waals surface area contributed by atoms with Crippen LogP contribution in [0.4, 0.5) is 0 Å². The van der Waals surface area contributed by atoms with Gasteiger partial charge < -0.3 is 27.9 Å². The predicted octanol–water partition coefficient (Wildman–Crippen LogP) is 5.99. The highest BCUT2D eigenvalue weighted by molar-refractivity contribution is 9.10. The average Bonchev–Trinajstić information content (AvgIpc) is 3.39. The summed E-state index contributed by atoms with van der Waals surface area (Å²) in [7, 11) is 0.389. The van der Waals surface area contributed by atoms with E-state index in [-0.39, 0.29) is 41.3 Å². The molecule has 1 saturated heterocycles. The van der Waals surface area contributed by atoms with Gasteiger partial charge in [0.25, 0.3) is 8.32 Å². The molecule has 7 nitrogen and oxygen atoms in total. The van der Waals surface area contributed by atoms with Gasteiger partial charge in [-0.15, -0.1) is 0 Å². The number of nitrogens with zero attached hydrogens (tertiary/aromatic N) is 1. The monoisotopic (exact) mass is 669 g/mol. The van der Waals surface area contributed by atoms with Crippen molar-refractivity contribution in [2.75, 3.05) is 27.6 Å². The number of halogens is 1. The maximum Gasteiger partial charge on any atom is 0.261 e. The van der Waals surface area contributed by atoms with Crippen molar-refractivity contribution in [3.8, 4) is 5.75 Å². The van der Waals surface area contributed by atoms with Crippen LogP contribution in [0.2, 0.25) is 5.04 Å². The van der Waals surface area contributed by atoms with Crippen LogP contribution in [0.5, 0.6) is 5.75 Å². The van der Waals surface area contributed by atoms with Gasteiger partial charge in [0.1, 0.15) is 12.9 Å². The number of hydrogen-bond donors (Lipinski definition) is 0. The molecule has 5 atom stereocenters. The molecule has 1 fully saturated rings. The fourth-order valence-corrected chi connectivity index (χ4v) is 12.3. The Balaban J connectivity index is 1.60. The van der Waals surface area contributed by atoms with Crippen LogP contribution in [0.3, 0.4) is 0 Å². The van der Waals surface area contributed by atoms with Crippen LogP contribution in [-0.4, -0.2) is 52.7 Å². The van der Waals surface area contributed by atoms with Crippen molar-refractivity contribution in [3.05, 3.63) is 87.3 Å². The van der Waals surface area contributed by atoms with Crippen LogP contribution in [0, 0.1) is 5.41 Å². The van der Waals surface area contributed by atoms with Crippen LogP contribution >= 0.6 is 15.9 Å². The van der Waals surface area contributed by atoms with Crippen LogP contribution in [-0.2, 0) is 18.6 Å². The standard InChI is InChI=1S/C34H44BrNO6Si/c1-23-20-27-31(42-23)34(5,32(40-22-38-6)28-30(39-7)29(37)26(35)21-36(27)28)18-19-41-43(33(2,3)4,24-14-10-8-11-15-24)25-16-12-9-13-17-25/h8-17,21,23,27,31-32H,18-20,22H2,1-7H3. The second-order valence-electron chi connectivity index (χ2n) is 13.0. The lowest BCUT2D eigenvalue weighted by molar-refractivity contribution is -0.179. The van der Waals surface area contributed by atoms with E-state index in [1.807, 2.05) is 6.20 Å². The molecular formula is C34H44BrNO6Si. The summed E-state index contributed by atoms with van der Waals surface area (Å²) >= 11 is 3.47. The number of ether oxygens (including phenoxy) is 4. The molecule has 0 aliphatic carbocycles. The summed E-state index contributed by atoms with van der Waals surface area (Å²) in [5, 5.41) is 2.33. The second kappa shape index (κ2) is 12.6. The molecule has 0 amide bonds. The van der Waals surface area contributed by atoms with Crippen molar-refractivity contribution in [1.29, 1.82) is 0 Å². The highest BCUT2D eigenvalue weighted by Crippen LogP contribution is 2.57. The van der Waals surface area contributed by atoms with Crippen LogP contribution < -0.4 is 20.5 Å². The van der Waals surface area contributed by atoms with Crippen LogP contribution in [0.15, 0.2) is 76.1 Å². The van der Waals surface area contributed by atoms with Crippen molar-refractivity contribution < 1.29 is 23.4 Å². The van der Waals surface area contributed by atoms with Gasteiger partial charge >= 0.3 is 0 Å². The number of fused-ring (bicyclic) bond motifs is 3. The van der Waals surface area contributed by atoms with Gasteiger partial charge in [-0.05, 0) is 51.1 Å². The lowest BCUT2D eigenvalue weighted by atomic mass is 9.69. The molecule has 2 aliphatic heterocycles. The van der Waals surface area contributed by atoms with Gasteiger partial charge in [-0.1, -0.05) is 88.4 Å². The van der Waals surface area contributed by atoms with E-state index in [0.29, 0.717) is 17.5 Å². The topological polar surface area (TPSA) is 68.2 Å². The van der Waals surface area contributed by atoms with E-state index in [0.717, 1.165) is 12.1 Å². The van der Waals surface area contributed by atoms with E-state index < -0.39 is 19.8 Å². The smallest absolute Gasteiger partial charge is 0.261 e. The summed E-state index contributed by atoms with van der Waals surface area (Å²) in [6, 6.07) is 21.4. The van der Waals surface area contributed by atoms with Gasteiger partial charge in [0.15, 0.2) is 5.75 Å². The first-order chi connectivity index (χ1) is 20.5. The Labute approximate surface area is 264 Å². The quantitative estimate of drug-likeness (QED) is 0.195. The van der Waals surface area contributed by atoms with E-state index in [1.165, 1.54) is 10.4 Å². The normalized spacial score (nSPS) is 25.3. The predicted molar refractivity (Wildman–Crippen MR) is 175 cm³/mol. The van der Waals surface area contributed by atoms with E-state index in [2.05, 4.69) is 116 Å². The van der Waals surface area contributed by atoms with Gasteiger partial charge in [0.2, 0.25) is 5.43 Å². The number of rotatable bonds is 10. The highest BCUT2D eigenvalue weighted by atomic mass is 79.9. The summed E-state index contributed by atoms with van der Waals surface area (Å²) in [5.74, 6) is 0.285. The first-order valence-corrected chi connectivity index (χ1v) is 17.7. The summed E-state index contributed by atoms with van der Waals surface area (Å²) in [6.07, 6.45) is 2.67. The van der Waals surface area contributed by atoms with Gasteiger partial charge in [0, 0.05) is 25.3 Å². The Kier molecular flexibility index (Phi) is 9.43. The molecule has 1 aromatic heterocycles. The van der Waals surface area contributed by atoms with Crippen LogP contribution in [0.1, 0.15) is 65.3 Å². The lowest BCUT2D eigenvalue weighted by Crippen LogP contribution is -2.66. The fraction of sp³-hybridized carbons (Fsp3) is 0.500. The number of methoxy groups -OCH3 is 2. The maximum absolute atomic E-state index is 13.3. The Morgan fingerprint density at radius 2 is 1.65 bits per heavy atom. The van der Waals surface area contributed by atoms with Gasteiger partial charge in [0.05, 0.1) is 35.5 Å².